The molecule has 0 aromatic carbocycles. The summed E-state index contributed by atoms with van der Waals surface area (Å²) >= 11 is 0. The summed E-state index contributed by atoms with van der Waals surface area (Å²) in [5.74, 6) is 2.43. The van der Waals surface area contributed by atoms with Crippen LogP contribution >= 0.6 is 0 Å². The number of ether oxygens (including phenoxy) is 1. The maximum atomic E-state index is 5.22. The second kappa shape index (κ2) is 7.13. The number of likely N-dealkylation sites (N-methyl/N-ethyl adjacent to an activating group) is 1. The van der Waals surface area contributed by atoms with Crippen LogP contribution in [0.15, 0.2) is 49.1 Å². The Kier molecular flexibility index (Phi) is 4.53. The largest absolute Gasteiger partial charge is 0.481 e. The zero-order chi connectivity index (χ0) is 17.9. The number of piperazine rings is 1. The Bertz CT molecular complexity index is 868. The zero-order valence-electron chi connectivity index (χ0n) is 15.0. The number of anilines is 1. The molecule has 0 bridgehead atoms. The van der Waals surface area contributed by atoms with Crippen molar-refractivity contribution in [2.75, 3.05) is 45.2 Å². The van der Waals surface area contributed by atoms with Crippen LogP contribution in [0.5, 0.6) is 5.88 Å². The van der Waals surface area contributed by atoms with Crippen molar-refractivity contribution in [1.82, 2.24) is 24.4 Å². The molecule has 0 saturated carbocycles. The first-order valence-electron chi connectivity index (χ1n) is 8.68. The Labute approximate surface area is 152 Å². The van der Waals surface area contributed by atoms with Crippen LogP contribution in [-0.2, 0) is 0 Å². The van der Waals surface area contributed by atoms with Crippen molar-refractivity contribution in [2.24, 2.45) is 0 Å². The molecule has 26 heavy (non-hydrogen) atoms. The lowest BCUT2D eigenvalue weighted by Crippen LogP contribution is -2.44. The maximum absolute atomic E-state index is 5.22. The fourth-order valence-electron chi connectivity index (χ4n) is 3.13. The van der Waals surface area contributed by atoms with E-state index in [1.807, 2.05) is 29.1 Å². The second-order valence-electron chi connectivity index (χ2n) is 6.37. The van der Waals surface area contributed by atoms with E-state index in [1.54, 1.807) is 19.5 Å². The molecule has 0 aliphatic carbocycles. The number of imidazole rings is 1. The molecule has 7 heteroatoms. The molecule has 0 N–H and O–H groups in total. The first kappa shape index (κ1) is 16.5. The van der Waals surface area contributed by atoms with Crippen molar-refractivity contribution in [3.63, 3.8) is 0 Å². The van der Waals surface area contributed by atoms with E-state index in [1.165, 1.54) is 0 Å². The lowest BCUT2D eigenvalue weighted by Gasteiger charge is -2.33. The monoisotopic (exact) mass is 350 g/mol. The SMILES string of the molecule is COc1cc(-c2nccn2-c2ccc(N3CCN(C)CC3)nc2)ccn1. The van der Waals surface area contributed by atoms with Crippen molar-refractivity contribution in [3.8, 4) is 23.0 Å². The van der Waals surface area contributed by atoms with Crippen LogP contribution in [0.4, 0.5) is 5.82 Å². The van der Waals surface area contributed by atoms with Crippen LogP contribution < -0.4 is 9.64 Å². The summed E-state index contributed by atoms with van der Waals surface area (Å²) in [4.78, 5) is 18.0. The highest BCUT2D eigenvalue weighted by molar-refractivity contribution is 5.59. The van der Waals surface area contributed by atoms with Gasteiger partial charge in [0.15, 0.2) is 0 Å². The summed E-state index contributed by atoms with van der Waals surface area (Å²) in [6.45, 7) is 4.16. The molecule has 0 spiro atoms. The van der Waals surface area contributed by atoms with Gasteiger partial charge in [-0.1, -0.05) is 0 Å². The van der Waals surface area contributed by atoms with Gasteiger partial charge >= 0.3 is 0 Å². The van der Waals surface area contributed by atoms with E-state index in [0.717, 1.165) is 49.1 Å². The van der Waals surface area contributed by atoms with E-state index in [0.29, 0.717) is 5.88 Å². The van der Waals surface area contributed by atoms with Crippen LogP contribution in [0.25, 0.3) is 17.1 Å². The standard InChI is InChI=1S/C19H22N6O/c1-23-9-11-24(12-10-23)17-4-3-16(14-22-17)25-8-7-21-19(25)15-5-6-20-18(13-15)26-2/h3-8,13-14H,9-12H2,1-2H3. The van der Waals surface area contributed by atoms with Gasteiger partial charge in [0.1, 0.15) is 11.6 Å². The fourth-order valence-corrected chi connectivity index (χ4v) is 3.13. The molecule has 1 fully saturated rings. The van der Waals surface area contributed by atoms with Crippen LogP contribution in [-0.4, -0.2) is 64.8 Å². The molecule has 4 heterocycles. The van der Waals surface area contributed by atoms with E-state index in [2.05, 4.69) is 43.9 Å². The molecule has 1 aliphatic heterocycles. The Morgan fingerprint density at radius 3 is 2.54 bits per heavy atom. The molecule has 0 radical (unpaired) electrons. The van der Waals surface area contributed by atoms with Crippen molar-refractivity contribution >= 4 is 5.82 Å². The van der Waals surface area contributed by atoms with Gasteiger partial charge < -0.3 is 14.5 Å². The normalized spacial score (nSPS) is 15.2. The third-order valence-corrected chi connectivity index (χ3v) is 4.68. The van der Waals surface area contributed by atoms with Crippen LogP contribution in [0, 0.1) is 0 Å². The predicted molar refractivity (Wildman–Crippen MR) is 101 cm³/mol. The predicted octanol–water partition coefficient (Wildman–Crippen LogP) is 2.09. The average molecular weight is 350 g/mol. The third-order valence-electron chi connectivity index (χ3n) is 4.68. The Hall–Kier alpha value is -2.93. The van der Waals surface area contributed by atoms with Crippen molar-refractivity contribution in [3.05, 3.63) is 49.1 Å². The molecular formula is C19H22N6O. The number of methoxy groups -OCH3 is 1. The molecule has 7 nitrogen and oxygen atoms in total. The summed E-state index contributed by atoms with van der Waals surface area (Å²) in [5.41, 5.74) is 1.93. The number of nitrogens with zero attached hydrogens (tertiary/aromatic N) is 6. The highest BCUT2D eigenvalue weighted by Gasteiger charge is 2.15. The molecule has 134 valence electrons. The van der Waals surface area contributed by atoms with Crippen molar-refractivity contribution in [1.29, 1.82) is 0 Å². The number of aromatic nitrogens is 4. The number of rotatable bonds is 4. The molecular weight excluding hydrogens is 328 g/mol. The molecule has 0 amide bonds. The molecule has 3 aromatic rings. The van der Waals surface area contributed by atoms with Crippen LogP contribution in [0.3, 0.4) is 0 Å². The number of hydrogen-bond acceptors (Lipinski definition) is 6. The van der Waals surface area contributed by atoms with E-state index >= 15 is 0 Å². The quantitative estimate of drug-likeness (QED) is 0.718. The zero-order valence-corrected chi connectivity index (χ0v) is 15.0. The first-order valence-corrected chi connectivity index (χ1v) is 8.68. The van der Waals surface area contributed by atoms with Gasteiger partial charge in [0.05, 0.1) is 19.0 Å². The van der Waals surface area contributed by atoms with Gasteiger partial charge in [0.25, 0.3) is 0 Å². The van der Waals surface area contributed by atoms with Crippen molar-refractivity contribution < 1.29 is 4.74 Å². The fraction of sp³-hybridized carbons (Fsp3) is 0.316. The Morgan fingerprint density at radius 2 is 1.81 bits per heavy atom. The summed E-state index contributed by atoms with van der Waals surface area (Å²) < 4.78 is 7.24. The Balaban J connectivity index is 1.60. The van der Waals surface area contributed by atoms with E-state index < -0.39 is 0 Å². The minimum Gasteiger partial charge on any atom is -0.481 e. The van der Waals surface area contributed by atoms with Gasteiger partial charge in [-0.2, -0.15) is 0 Å². The molecule has 3 aromatic heterocycles. The molecule has 0 unspecified atom stereocenters. The molecule has 1 aliphatic rings. The third kappa shape index (κ3) is 3.25. The smallest absolute Gasteiger partial charge is 0.213 e. The van der Waals surface area contributed by atoms with E-state index in [4.69, 9.17) is 4.74 Å². The topological polar surface area (TPSA) is 59.3 Å². The van der Waals surface area contributed by atoms with E-state index in [9.17, 15) is 0 Å². The van der Waals surface area contributed by atoms with Gasteiger partial charge in [-0.3, -0.25) is 4.57 Å². The average Bonchev–Trinajstić information content (AvgIpc) is 3.19. The Morgan fingerprint density at radius 1 is 0.962 bits per heavy atom. The molecule has 0 atom stereocenters. The van der Waals surface area contributed by atoms with Gasteiger partial charge in [0, 0.05) is 56.4 Å². The summed E-state index contributed by atoms with van der Waals surface area (Å²) in [5, 5.41) is 0. The number of pyridine rings is 2. The van der Waals surface area contributed by atoms with Gasteiger partial charge in [0.2, 0.25) is 5.88 Å². The minimum atomic E-state index is 0.570. The second-order valence-corrected chi connectivity index (χ2v) is 6.37. The molecule has 4 rings (SSSR count). The van der Waals surface area contributed by atoms with E-state index in [-0.39, 0.29) is 0 Å². The van der Waals surface area contributed by atoms with Crippen LogP contribution in [0.2, 0.25) is 0 Å². The van der Waals surface area contributed by atoms with Crippen LogP contribution in [0.1, 0.15) is 0 Å². The maximum Gasteiger partial charge on any atom is 0.213 e. The lowest BCUT2D eigenvalue weighted by atomic mass is 10.2. The summed E-state index contributed by atoms with van der Waals surface area (Å²) in [6.07, 6.45) is 7.35. The van der Waals surface area contributed by atoms with Gasteiger partial charge in [-0.25, -0.2) is 15.0 Å². The minimum absolute atomic E-state index is 0.570. The molecule has 1 saturated heterocycles. The van der Waals surface area contributed by atoms with Crippen molar-refractivity contribution in [2.45, 2.75) is 0 Å². The first-order chi connectivity index (χ1) is 12.7. The van der Waals surface area contributed by atoms with Gasteiger partial charge in [-0.15, -0.1) is 0 Å². The lowest BCUT2D eigenvalue weighted by molar-refractivity contribution is 0.312. The highest BCUT2D eigenvalue weighted by Crippen LogP contribution is 2.24. The highest BCUT2D eigenvalue weighted by atomic mass is 16.5. The summed E-state index contributed by atoms with van der Waals surface area (Å²) in [6, 6.07) is 7.97. The number of hydrogen-bond donors (Lipinski definition) is 0. The summed E-state index contributed by atoms with van der Waals surface area (Å²) in [7, 11) is 3.77. The van der Waals surface area contributed by atoms with Gasteiger partial charge in [-0.05, 0) is 25.2 Å².